The van der Waals surface area contributed by atoms with Crippen molar-refractivity contribution in [2.75, 3.05) is 13.2 Å². The van der Waals surface area contributed by atoms with Crippen LogP contribution >= 0.6 is 0 Å². The van der Waals surface area contributed by atoms with E-state index < -0.39 is 17.9 Å². The van der Waals surface area contributed by atoms with Gasteiger partial charge in [0.05, 0.1) is 13.2 Å². The molecule has 0 N–H and O–H groups in total. The first-order chi connectivity index (χ1) is 8.10. The summed E-state index contributed by atoms with van der Waals surface area (Å²) in [7, 11) is 0. The molecule has 0 aromatic rings. The zero-order valence-electron chi connectivity index (χ0n) is 10.2. The average Bonchev–Trinajstić information content (AvgIpc) is 2.66. The maximum absolute atomic E-state index is 11.7. The second-order valence-electron chi connectivity index (χ2n) is 4.02. The quantitative estimate of drug-likeness (QED) is 0.533. The molecule has 5 heteroatoms. The van der Waals surface area contributed by atoms with Crippen molar-refractivity contribution in [3.8, 4) is 0 Å². The SMILES string of the molecule is CCOC(=O)C(C(=O)OCC)[C@H]1CCC(=O)C1. The van der Waals surface area contributed by atoms with Crippen molar-refractivity contribution in [1.29, 1.82) is 0 Å². The monoisotopic (exact) mass is 242 g/mol. The van der Waals surface area contributed by atoms with Gasteiger partial charge in [-0.15, -0.1) is 0 Å². The Morgan fingerprint density at radius 3 is 2.12 bits per heavy atom. The lowest BCUT2D eigenvalue weighted by molar-refractivity contribution is -0.164. The molecule has 17 heavy (non-hydrogen) atoms. The highest BCUT2D eigenvalue weighted by Crippen LogP contribution is 2.31. The zero-order valence-corrected chi connectivity index (χ0v) is 10.2. The van der Waals surface area contributed by atoms with Gasteiger partial charge in [-0.2, -0.15) is 0 Å². The summed E-state index contributed by atoms with van der Waals surface area (Å²) in [6.45, 7) is 3.80. The third-order valence-electron chi connectivity index (χ3n) is 2.84. The Morgan fingerprint density at radius 1 is 1.24 bits per heavy atom. The molecule has 0 bridgehead atoms. The smallest absolute Gasteiger partial charge is 0.320 e. The summed E-state index contributed by atoms with van der Waals surface area (Å²) >= 11 is 0. The highest BCUT2D eigenvalue weighted by atomic mass is 16.6. The van der Waals surface area contributed by atoms with Crippen LogP contribution in [0.5, 0.6) is 0 Å². The number of rotatable bonds is 5. The number of carbonyl (C=O) groups is 3. The molecule has 1 aliphatic rings. The van der Waals surface area contributed by atoms with Gasteiger partial charge in [0, 0.05) is 12.8 Å². The van der Waals surface area contributed by atoms with Crippen LogP contribution in [0.15, 0.2) is 0 Å². The summed E-state index contributed by atoms with van der Waals surface area (Å²) in [6, 6.07) is 0. The van der Waals surface area contributed by atoms with Crippen molar-refractivity contribution in [2.45, 2.75) is 33.1 Å². The minimum absolute atomic E-state index is 0.0913. The number of esters is 2. The van der Waals surface area contributed by atoms with E-state index in [4.69, 9.17) is 9.47 Å². The highest BCUT2D eigenvalue weighted by Gasteiger charge is 2.40. The molecule has 1 atom stereocenters. The van der Waals surface area contributed by atoms with Crippen LogP contribution in [0, 0.1) is 11.8 Å². The average molecular weight is 242 g/mol. The van der Waals surface area contributed by atoms with Crippen molar-refractivity contribution < 1.29 is 23.9 Å². The van der Waals surface area contributed by atoms with Crippen LogP contribution in [0.3, 0.4) is 0 Å². The first-order valence-electron chi connectivity index (χ1n) is 5.95. The summed E-state index contributed by atoms with van der Waals surface area (Å²) < 4.78 is 9.74. The van der Waals surface area contributed by atoms with Crippen LogP contribution in [-0.4, -0.2) is 30.9 Å². The van der Waals surface area contributed by atoms with Crippen LogP contribution < -0.4 is 0 Å². The number of ether oxygens (including phenoxy) is 2. The lowest BCUT2D eigenvalue weighted by atomic mass is 9.91. The molecule has 0 aromatic heterocycles. The van der Waals surface area contributed by atoms with Gasteiger partial charge in [-0.1, -0.05) is 0 Å². The molecule has 0 radical (unpaired) electrons. The summed E-state index contributed by atoms with van der Waals surface area (Å²) in [5.41, 5.74) is 0. The van der Waals surface area contributed by atoms with E-state index in [2.05, 4.69) is 0 Å². The number of Topliss-reactive ketones (excluding diaryl/α,β-unsaturated/α-hetero) is 1. The van der Waals surface area contributed by atoms with E-state index in [0.29, 0.717) is 12.8 Å². The van der Waals surface area contributed by atoms with E-state index in [1.54, 1.807) is 13.8 Å². The lowest BCUT2D eigenvalue weighted by Crippen LogP contribution is -2.33. The summed E-state index contributed by atoms with van der Waals surface area (Å²) in [4.78, 5) is 34.7. The Morgan fingerprint density at radius 2 is 1.76 bits per heavy atom. The molecule has 1 fully saturated rings. The van der Waals surface area contributed by atoms with E-state index in [9.17, 15) is 14.4 Å². The molecule has 0 spiro atoms. The Bertz CT molecular complexity index is 292. The molecule has 1 saturated carbocycles. The zero-order chi connectivity index (χ0) is 12.8. The normalized spacial score (nSPS) is 19.5. The number of hydrogen-bond donors (Lipinski definition) is 0. The molecule has 0 saturated heterocycles. The van der Waals surface area contributed by atoms with Crippen LogP contribution in [0.1, 0.15) is 33.1 Å². The number of ketones is 1. The fourth-order valence-electron chi connectivity index (χ4n) is 2.07. The predicted molar refractivity (Wildman–Crippen MR) is 59.1 cm³/mol. The molecule has 1 rings (SSSR count). The molecule has 0 unspecified atom stereocenters. The maximum Gasteiger partial charge on any atom is 0.320 e. The number of hydrogen-bond acceptors (Lipinski definition) is 5. The molecule has 0 heterocycles. The first kappa shape index (κ1) is 13.7. The Balaban J connectivity index is 2.74. The van der Waals surface area contributed by atoms with Crippen LogP contribution in [0.25, 0.3) is 0 Å². The van der Waals surface area contributed by atoms with E-state index >= 15 is 0 Å². The van der Waals surface area contributed by atoms with Gasteiger partial charge in [-0.25, -0.2) is 0 Å². The first-order valence-corrected chi connectivity index (χ1v) is 5.95. The van der Waals surface area contributed by atoms with Gasteiger partial charge < -0.3 is 9.47 Å². The highest BCUT2D eigenvalue weighted by molar-refractivity contribution is 5.96. The third-order valence-corrected chi connectivity index (χ3v) is 2.84. The fraction of sp³-hybridized carbons (Fsp3) is 0.750. The Kier molecular flexibility index (Phi) is 5.12. The maximum atomic E-state index is 11.7. The largest absolute Gasteiger partial charge is 0.465 e. The lowest BCUT2D eigenvalue weighted by Gasteiger charge is -2.19. The van der Waals surface area contributed by atoms with Crippen LogP contribution in [0.4, 0.5) is 0 Å². The molecular formula is C12H18O5. The summed E-state index contributed by atoms with van der Waals surface area (Å²) in [5.74, 6) is -2.27. The number of carbonyl (C=O) groups excluding carboxylic acids is 3. The Labute approximate surface area is 100 Å². The van der Waals surface area contributed by atoms with Crippen molar-refractivity contribution in [1.82, 2.24) is 0 Å². The molecular weight excluding hydrogens is 224 g/mol. The predicted octanol–water partition coefficient (Wildman–Crippen LogP) is 1.10. The second kappa shape index (κ2) is 6.37. The molecule has 0 aromatic carbocycles. The van der Waals surface area contributed by atoms with Crippen LogP contribution in [-0.2, 0) is 23.9 Å². The van der Waals surface area contributed by atoms with Crippen LogP contribution in [0.2, 0.25) is 0 Å². The van der Waals surface area contributed by atoms with E-state index in [-0.39, 0.29) is 31.3 Å². The minimum atomic E-state index is -0.943. The van der Waals surface area contributed by atoms with Gasteiger partial charge in [0.1, 0.15) is 5.78 Å². The van der Waals surface area contributed by atoms with Gasteiger partial charge >= 0.3 is 11.9 Å². The van der Waals surface area contributed by atoms with Gasteiger partial charge in [0.25, 0.3) is 0 Å². The summed E-state index contributed by atoms with van der Waals surface area (Å²) in [6.07, 6.45) is 1.25. The molecule has 1 aliphatic carbocycles. The molecule has 0 aliphatic heterocycles. The summed E-state index contributed by atoms with van der Waals surface area (Å²) in [5, 5.41) is 0. The van der Waals surface area contributed by atoms with E-state index in [1.165, 1.54) is 0 Å². The standard InChI is InChI=1S/C12H18O5/c1-3-16-11(14)10(12(15)17-4-2)8-5-6-9(13)7-8/h8,10H,3-7H2,1-2H3/t8-/m0/s1. The van der Waals surface area contributed by atoms with Crippen molar-refractivity contribution in [2.24, 2.45) is 11.8 Å². The molecule has 96 valence electrons. The second-order valence-corrected chi connectivity index (χ2v) is 4.02. The van der Waals surface area contributed by atoms with E-state index in [0.717, 1.165) is 0 Å². The topological polar surface area (TPSA) is 69.7 Å². The molecule has 0 amide bonds. The van der Waals surface area contributed by atoms with Gasteiger partial charge in [-0.05, 0) is 26.2 Å². The van der Waals surface area contributed by atoms with Gasteiger partial charge in [0.2, 0.25) is 0 Å². The van der Waals surface area contributed by atoms with Gasteiger partial charge in [0.15, 0.2) is 5.92 Å². The third kappa shape index (κ3) is 3.54. The van der Waals surface area contributed by atoms with Crippen molar-refractivity contribution >= 4 is 17.7 Å². The fourth-order valence-corrected chi connectivity index (χ4v) is 2.07. The van der Waals surface area contributed by atoms with E-state index in [1.807, 2.05) is 0 Å². The Hall–Kier alpha value is -1.39. The molecule has 5 nitrogen and oxygen atoms in total. The van der Waals surface area contributed by atoms with Crippen molar-refractivity contribution in [3.63, 3.8) is 0 Å². The minimum Gasteiger partial charge on any atom is -0.465 e. The van der Waals surface area contributed by atoms with Gasteiger partial charge in [-0.3, -0.25) is 14.4 Å². The van der Waals surface area contributed by atoms with Crippen molar-refractivity contribution in [3.05, 3.63) is 0 Å².